The average molecular weight is 365 g/mol. The van der Waals surface area contributed by atoms with Gasteiger partial charge in [0, 0.05) is 38.3 Å². The molecule has 5 nitrogen and oxygen atoms in total. The van der Waals surface area contributed by atoms with Crippen LogP contribution in [-0.2, 0) is 11.3 Å². The van der Waals surface area contributed by atoms with Gasteiger partial charge in [0.15, 0.2) is 0 Å². The molecule has 2 aromatic rings. The van der Waals surface area contributed by atoms with Gasteiger partial charge in [-0.3, -0.25) is 14.5 Å². The summed E-state index contributed by atoms with van der Waals surface area (Å²) < 4.78 is 0. The van der Waals surface area contributed by atoms with Gasteiger partial charge in [0.05, 0.1) is 0 Å². The van der Waals surface area contributed by atoms with Crippen LogP contribution in [0.15, 0.2) is 54.6 Å². The van der Waals surface area contributed by atoms with Crippen molar-refractivity contribution in [3.63, 3.8) is 0 Å². The number of nitrogens with zero attached hydrogens (tertiary/aromatic N) is 2. The zero-order valence-electron chi connectivity index (χ0n) is 16.0. The lowest BCUT2D eigenvalue weighted by Gasteiger charge is -2.36. The maximum Gasteiger partial charge on any atom is 0.251 e. The number of aryl methyl sites for hydroxylation is 1. The molecule has 0 aromatic heterocycles. The van der Waals surface area contributed by atoms with Gasteiger partial charge in [0.1, 0.15) is 6.04 Å². The Labute approximate surface area is 161 Å². The van der Waals surface area contributed by atoms with Gasteiger partial charge in [-0.05, 0) is 31.5 Å². The van der Waals surface area contributed by atoms with Crippen molar-refractivity contribution in [2.24, 2.45) is 0 Å². The van der Waals surface area contributed by atoms with Gasteiger partial charge in [-0.25, -0.2) is 0 Å². The summed E-state index contributed by atoms with van der Waals surface area (Å²) in [5.41, 5.74) is 2.97. The fourth-order valence-electron chi connectivity index (χ4n) is 3.29. The summed E-state index contributed by atoms with van der Waals surface area (Å²) in [6.45, 7) is 7.71. The van der Waals surface area contributed by atoms with Crippen molar-refractivity contribution in [1.82, 2.24) is 15.1 Å². The fraction of sp³-hybridized carbons (Fsp3) is 0.364. The van der Waals surface area contributed by atoms with Crippen LogP contribution < -0.4 is 5.32 Å². The highest BCUT2D eigenvalue weighted by molar-refractivity contribution is 5.97. The molecule has 1 aliphatic heterocycles. The number of rotatable bonds is 5. The lowest BCUT2D eigenvalue weighted by atomic mass is 10.1. The molecule has 0 spiro atoms. The molecule has 0 unspecified atom stereocenters. The predicted molar refractivity (Wildman–Crippen MR) is 106 cm³/mol. The Hall–Kier alpha value is -2.66. The molecule has 1 atom stereocenters. The van der Waals surface area contributed by atoms with E-state index in [2.05, 4.69) is 22.3 Å². The largest absolute Gasteiger partial charge is 0.341 e. The number of hydrogen-bond acceptors (Lipinski definition) is 3. The molecule has 0 saturated carbocycles. The molecule has 0 radical (unpaired) electrons. The Balaban J connectivity index is 1.48. The van der Waals surface area contributed by atoms with E-state index in [9.17, 15) is 9.59 Å². The summed E-state index contributed by atoms with van der Waals surface area (Å²) in [5, 5.41) is 2.82. The fourth-order valence-corrected chi connectivity index (χ4v) is 3.29. The molecule has 1 aliphatic rings. The number of hydrogen-bond donors (Lipinski definition) is 1. The van der Waals surface area contributed by atoms with Gasteiger partial charge < -0.3 is 10.2 Å². The quantitative estimate of drug-likeness (QED) is 0.886. The Morgan fingerprint density at radius 1 is 0.963 bits per heavy atom. The Kier molecular flexibility index (Phi) is 6.24. The minimum Gasteiger partial charge on any atom is -0.341 e. The average Bonchev–Trinajstić information content (AvgIpc) is 2.69. The van der Waals surface area contributed by atoms with E-state index in [4.69, 9.17) is 0 Å². The summed E-state index contributed by atoms with van der Waals surface area (Å²) in [6, 6.07) is 17.2. The topological polar surface area (TPSA) is 52.7 Å². The highest BCUT2D eigenvalue weighted by Crippen LogP contribution is 2.10. The SMILES string of the molecule is Cc1ccc(C(=O)N[C@@H](C)C(=O)N2CCN(Cc3ccccc3)CC2)cc1. The van der Waals surface area contributed by atoms with Crippen LogP contribution in [0.5, 0.6) is 0 Å². The third-order valence-corrected chi connectivity index (χ3v) is 4.96. The first-order valence-corrected chi connectivity index (χ1v) is 9.45. The van der Waals surface area contributed by atoms with Gasteiger partial charge in [0.2, 0.25) is 5.91 Å². The molecule has 0 aliphatic carbocycles. The first-order chi connectivity index (χ1) is 13.0. The van der Waals surface area contributed by atoms with Crippen molar-refractivity contribution in [2.45, 2.75) is 26.4 Å². The Morgan fingerprint density at radius 2 is 1.59 bits per heavy atom. The second-order valence-electron chi connectivity index (χ2n) is 7.15. The summed E-state index contributed by atoms with van der Waals surface area (Å²) in [4.78, 5) is 29.2. The summed E-state index contributed by atoms with van der Waals surface area (Å²) in [6.07, 6.45) is 0. The van der Waals surface area contributed by atoms with E-state index < -0.39 is 6.04 Å². The van der Waals surface area contributed by atoms with Gasteiger partial charge in [-0.2, -0.15) is 0 Å². The van der Waals surface area contributed by atoms with E-state index in [1.165, 1.54) is 5.56 Å². The summed E-state index contributed by atoms with van der Waals surface area (Å²) in [5.74, 6) is -0.228. The third kappa shape index (κ3) is 5.17. The van der Waals surface area contributed by atoms with Gasteiger partial charge >= 0.3 is 0 Å². The lowest BCUT2D eigenvalue weighted by molar-refractivity contribution is -0.134. The minimum absolute atomic E-state index is 0.0187. The van der Waals surface area contributed by atoms with Crippen molar-refractivity contribution in [1.29, 1.82) is 0 Å². The molecular weight excluding hydrogens is 338 g/mol. The molecule has 142 valence electrons. The standard InChI is InChI=1S/C22H27N3O2/c1-17-8-10-20(11-9-17)21(26)23-18(2)22(27)25-14-12-24(13-15-25)16-19-6-4-3-5-7-19/h3-11,18H,12-16H2,1-2H3,(H,23,26)/t18-/m0/s1. The van der Waals surface area contributed by atoms with E-state index in [-0.39, 0.29) is 11.8 Å². The maximum atomic E-state index is 12.7. The Bertz CT molecular complexity index is 766. The van der Waals surface area contributed by atoms with Gasteiger partial charge in [-0.15, -0.1) is 0 Å². The minimum atomic E-state index is -0.528. The first kappa shape index (κ1) is 19.1. The van der Waals surface area contributed by atoms with E-state index in [0.29, 0.717) is 18.7 Å². The second kappa shape index (κ2) is 8.82. The molecule has 1 saturated heterocycles. The smallest absolute Gasteiger partial charge is 0.251 e. The van der Waals surface area contributed by atoms with Crippen LogP contribution in [-0.4, -0.2) is 53.8 Å². The van der Waals surface area contributed by atoms with E-state index >= 15 is 0 Å². The molecule has 1 heterocycles. The molecule has 2 aromatic carbocycles. The highest BCUT2D eigenvalue weighted by Gasteiger charge is 2.26. The highest BCUT2D eigenvalue weighted by atomic mass is 16.2. The maximum absolute atomic E-state index is 12.7. The van der Waals surface area contributed by atoms with E-state index in [1.807, 2.05) is 42.2 Å². The van der Waals surface area contributed by atoms with Gasteiger partial charge in [-0.1, -0.05) is 48.0 Å². The van der Waals surface area contributed by atoms with Crippen molar-refractivity contribution in [2.75, 3.05) is 26.2 Å². The van der Waals surface area contributed by atoms with Crippen LogP contribution in [0.3, 0.4) is 0 Å². The van der Waals surface area contributed by atoms with Crippen molar-refractivity contribution >= 4 is 11.8 Å². The lowest BCUT2D eigenvalue weighted by Crippen LogP contribution is -2.53. The number of benzene rings is 2. The molecule has 1 fully saturated rings. The second-order valence-corrected chi connectivity index (χ2v) is 7.15. The number of amides is 2. The monoisotopic (exact) mass is 365 g/mol. The Morgan fingerprint density at radius 3 is 2.22 bits per heavy atom. The van der Waals surface area contributed by atoms with Crippen molar-refractivity contribution in [3.8, 4) is 0 Å². The predicted octanol–water partition coefficient (Wildman–Crippen LogP) is 2.46. The van der Waals surface area contributed by atoms with Gasteiger partial charge in [0.25, 0.3) is 5.91 Å². The normalized spacial score (nSPS) is 16.0. The zero-order chi connectivity index (χ0) is 19.2. The summed E-state index contributed by atoms with van der Waals surface area (Å²) >= 11 is 0. The number of nitrogens with one attached hydrogen (secondary N) is 1. The van der Waals surface area contributed by atoms with Crippen LogP contribution in [0, 0.1) is 6.92 Å². The number of piperazine rings is 1. The molecule has 3 rings (SSSR count). The van der Waals surface area contributed by atoms with E-state index in [0.717, 1.165) is 25.2 Å². The van der Waals surface area contributed by atoms with Crippen molar-refractivity contribution in [3.05, 3.63) is 71.3 Å². The molecule has 27 heavy (non-hydrogen) atoms. The molecule has 5 heteroatoms. The van der Waals surface area contributed by atoms with Crippen molar-refractivity contribution < 1.29 is 9.59 Å². The van der Waals surface area contributed by atoms with Crippen LogP contribution in [0.25, 0.3) is 0 Å². The van der Waals surface area contributed by atoms with Crippen LogP contribution in [0.1, 0.15) is 28.4 Å². The third-order valence-electron chi connectivity index (χ3n) is 4.96. The molecule has 2 amide bonds. The zero-order valence-corrected chi connectivity index (χ0v) is 16.0. The number of carbonyl (C=O) groups is 2. The van der Waals surface area contributed by atoms with Crippen LogP contribution in [0.2, 0.25) is 0 Å². The van der Waals surface area contributed by atoms with E-state index in [1.54, 1.807) is 19.1 Å². The number of carbonyl (C=O) groups excluding carboxylic acids is 2. The van der Waals surface area contributed by atoms with Crippen LogP contribution >= 0.6 is 0 Å². The first-order valence-electron chi connectivity index (χ1n) is 9.45. The molecule has 0 bridgehead atoms. The molecular formula is C22H27N3O2. The summed E-state index contributed by atoms with van der Waals surface area (Å²) in [7, 11) is 0. The molecule has 1 N–H and O–H groups in total. The van der Waals surface area contributed by atoms with Crippen LogP contribution in [0.4, 0.5) is 0 Å².